The Labute approximate surface area is 322 Å². The third-order valence-electron chi connectivity index (χ3n) is 9.08. The Morgan fingerprint density at radius 1 is 0.537 bits per heavy atom. The minimum absolute atomic E-state index is 0.0164. The first-order valence-electron chi connectivity index (χ1n) is 19.2. The molecule has 14 nitrogen and oxygen atoms in total. The Morgan fingerprint density at radius 2 is 0.852 bits per heavy atom. The largest absolute Gasteiger partial charge is 0.478 e. The van der Waals surface area contributed by atoms with Crippen LogP contribution in [0, 0.1) is 0 Å². The summed E-state index contributed by atoms with van der Waals surface area (Å²) in [5.41, 5.74) is -0.586. The molecule has 3 rings (SSSR count). The van der Waals surface area contributed by atoms with E-state index >= 15 is 0 Å². The maximum atomic E-state index is 13.8. The van der Waals surface area contributed by atoms with E-state index in [1.165, 1.54) is 0 Å². The number of amides is 1. The highest BCUT2D eigenvalue weighted by Crippen LogP contribution is 2.28. The number of aromatic carboxylic acids is 1. The topological polar surface area (TPSA) is 149 Å². The standard InChI is InChI=1S/C40H65N5O9/c1-38(2,3)52-34(47)27-42-20-18-41(26-33(46)45-16-14-31(15-17-45)30-10-12-32(13-11-30)37(50)51)19-21-43(28-35(48)53-39(4,5)6)23-25-44(24-22-42)29-36(49)54-40(7,8)9/h10-13,31H,14-29H2,1-9H3,(H,50,51). The van der Waals surface area contributed by atoms with Crippen LogP contribution < -0.4 is 0 Å². The van der Waals surface area contributed by atoms with Gasteiger partial charge in [0.25, 0.3) is 0 Å². The maximum Gasteiger partial charge on any atom is 0.335 e. The smallest absolute Gasteiger partial charge is 0.335 e. The van der Waals surface area contributed by atoms with Gasteiger partial charge in [-0.25, -0.2) is 4.79 Å². The number of nitrogens with zero attached hydrogens (tertiary/aromatic N) is 5. The summed E-state index contributed by atoms with van der Waals surface area (Å²) in [5.74, 6) is -1.74. The summed E-state index contributed by atoms with van der Waals surface area (Å²) < 4.78 is 16.9. The number of esters is 3. The van der Waals surface area contributed by atoms with Crippen LogP contribution in [0.2, 0.25) is 0 Å². The van der Waals surface area contributed by atoms with Crippen molar-refractivity contribution in [2.75, 3.05) is 91.6 Å². The van der Waals surface area contributed by atoms with Gasteiger partial charge < -0.3 is 24.2 Å². The number of carbonyl (C=O) groups is 5. The Hall–Kier alpha value is -3.59. The molecule has 0 spiro atoms. The third-order valence-corrected chi connectivity index (χ3v) is 9.08. The second-order valence-corrected chi connectivity index (χ2v) is 17.4. The molecule has 2 aliphatic rings. The summed E-state index contributed by atoms with van der Waals surface area (Å²) in [6, 6.07) is 6.99. The molecule has 1 amide bonds. The lowest BCUT2D eigenvalue weighted by Crippen LogP contribution is -2.51. The third kappa shape index (κ3) is 17.3. The fourth-order valence-electron chi connectivity index (χ4n) is 6.53. The highest BCUT2D eigenvalue weighted by Gasteiger charge is 2.28. The monoisotopic (exact) mass is 759 g/mol. The van der Waals surface area contributed by atoms with Crippen LogP contribution in [-0.2, 0) is 33.4 Å². The van der Waals surface area contributed by atoms with E-state index in [0.29, 0.717) is 65.4 Å². The second kappa shape index (κ2) is 19.8. The lowest BCUT2D eigenvalue weighted by atomic mass is 9.89. The predicted molar refractivity (Wildman–Crippen MR) is 205 cm³/mol. The molecule has 0 saturated carbocycles. The number of piperidine rings is 1. The number of carbonyl (C=O) groups excluding carboxylic acids is 4. The van der Waals surface area contributed by atoms with Gasteiger partial charge >= 0.3 is 23.9 Å². The fraction of sp³-hybridized carbons (Fsp3) is 0.725. The van der Waals surface area contributed by atoms with Crippen molar-refractivity contribution in [3.8, 4) is 0 Å². The maximum absolute atomic E-state index is 13.8. The van der Waals surface area contributed by atoms with Gasteiger partial charge in [-0.3, -0.25) is 38.8 Å². The van der Waals surface area contributed by atoms with Crippen molar-refractivity contribution in [1.29, 1.82) is 0 Å². The first kappa shape index (κ1) is 44.8. The van der Waals surface area contributed by atoms with Gasteiger partial charge in [-0.1, -0.05) is 12.1 Å². The van der Waals surface area contributed by atoms with Crippen LogP contribution in [0.25, 0.3) is 0 Å². The van der Waals surface area contributed by atoms with Crippen LogP contribution in [0.1, 0.15) is 97.0 Å². The van der Waals surface area contributed by atoms with Gasteiger partial charge in [0.1, 0.15) is 16.8 Å². The van der Waals surface area contributed by atoms with Crippen molar-refractivity contribution in [2.24, 2.45) is 0 Å². The molecule has 0 atom stereocenters. The fourth-order valence-corrected chi connectivity index (χ4v) is 6.53. The average Bonchev–Trinajstić information content (AvgIpc) is 3.03. The molecule has 1 aromatic rings. The Bertz CT molecular complexity index is 1360. The van der Waals surface area contributed by atoms with E-state index in [0.717, 1.165) is 18.4 Å². The summed E-state index contributed by atoms with van der Waals surface area (Å²) in [6.45, 7) is 21.9. The summed E-state index contributed by atoms with van der Waals surface area (Å²) in [7, 11) is 0. The molecular weight excluding hydrogens is 694 g/mol. The van der Waals surface area contributed by atoms with Crippen molar-refractivity contribution < 1.29 is 43.3 Å². The molecule has 2 aliphatic heterocycles. The molecule has 0 aromatic heterocycles. The SMILES string of the molecule is CC(C)(C)OC(=O)CN1CCN(CC(=O)OC(C)(C)C)CCN(CC(=O)N2CCC(c3ccc(C(=O)O)cc3)CC2)CCN(CC(=O)OC(C)(C)C)CC1. The average molecular weight is 760 g/mol. The Balaban J connectivity index is 1.76. The van der Waals surface area contributed by atoms with Crippen LogP contribution in [0.5, 0.6) is 0 Å². The van der Waals surface area contributed by atoms with Gasteiger partial charge in [0, 0.05) is 65.4 Å². The highest BCUT2D eigenvalue weighted by atomic mass is 16.6. The molecule has 2 fully saturated rings. The Morgan fingerprint density at radius 3 is 1.15 bits per heavy atom. The van der Waals surface area contributed by atoms with Gasteiger partial charge in [-0.15, -0.1) is 0 Å². The molecule has 14 heteroatoms. The van der Waals surface area contributed by atoms with Gasteiger partial charge in [-0.2, -0.15) is 0 Å². The van der Waals surface area contributed by atoms with Gasteiger partial charge in [0.15, 0.2) is 0 Å². The van der Waals surface area contributed by atoms with Crippen molar-refractivity contribution in [2.45, 2.75) is 97.9 Å². The summed E-state index contributed by atoms with van der Waals surface area (Å²) in [6.07, 6.45) is 1.57. The van der Waals surface area contributed by atoms with Crippen LogP contribution in [0.15, 0.2) is 24.3 Å². The van der Waals surface area contributed by atoms with E-state index in [9.17, 15) is 29.1 Å². The molecule has 2 heterocycles. The normalized spacial score (nSPS) is 18.6. The number of ether oxygens (including phenoxy) is 3. The number of rotatable bonds is 10. The number of hydrogen-bond donors (Lipinski definition) is 1. The van der Waals surface area contributed by atoms with E-state index in [-0.39, 0.29) is 61.5 Å². The van der Waals surface area contributed by atoms with Crippen molar-refractivity contribution >= 4 is 29.8 Å². The minimum atomic E-state index is -0.954. The van der Waals surface area contributed by atoms with Crippen LogP contribution in [0.4, 0.5) is 0 Å². The van der Waals surface area contributed by atoms with Crippen molar-refractivity contribution in [3.63, 3.8) is 0 Å². The molecular formula is C40H65N5O9. The molecule has 0 aliphatic carbocycles. The molecule has 304 valence electrons. The van der Waals surface area contributed by atoms with Gasteiger partial charge in [0.05, 0.1) is 31.7 Å². The van der Waals surface area contributed by atoms with Gasteiger partial charge in [-0.05, 0) is 98.8 Å². The number of likely N-dealkylation sites (tertiary alicyclic amines) is 1. The first-order valence-corrected chi connectivity index (χ1v) is 19.2. The first-order chi connectivity index (χ1) is 25.0. The van der Waals surface area contributed by atoms with E-state index in [1.807, 2.05) is 94.0 Å². The molecule has 0 unspecified atom stereocenters. The second-order valence-electron chi connectivity index (χ2n) is 17.4. The van der Waals surface area contributed by atoms with Crippen LogP contribution in [0.3, 0.4) is 0 Å². The summed E-state index contributed by atoms with van der Waals surface area (Å²) >= 11 is 0. The molecule has 0 radical (unpaired) electrons. The van der Waals surface area contributed by atoms with Crippen molar-refractivity contribution in [3.05, 3.63) is 35.4 Å². The highest BCUT2D eigenvalue weighted by molar-refractivity contribution is 5.87. The number of benzene rings is 1. The zero-order valence-electron chi connectivity index (χ0n) is 34.1. The van der Waals surface area contributed by atoms with E-state index in [1.54, 1.807) is 12.1 Å². The molecule has 54 heavy (non-hydrogen) atoms. The van der Waals surface area contributed by atoms with Gasteiger partial charge in [0.2, 0.25) is 5.91 Å². The minimum Gasteiger partial charge on any atom is -0.478 e. The Kier molecular flexibility index (Phi) is 16.5. The lowest BCUT2D eigenvalue weighted by molar-refractivity contribution is -0.158. The lowest BCUT2D eigenvalue weighted by Gasteiger charge is -2.36. The zero-order chi connectivity index (χ0) is 40.3. The van der Waals surface area contributed by atoms with Crippen LogP contribution in [-0.4, -0.2) is 168 Å². The molecule has 0 bridgehead atoms. The van der Waals surface area contributed by atoms with Crippen molar-refractivity contribution in [1.82, 2.24) is 24.5 Å². The summed E-state index contributed by atoms with van der Waals surface area (Å²) in [4.78, 5) is 74.0. The number of carboxylic acids is 1. The van der Waals surface area contributed by atoms with Crippen LogP contribution >= 0.6 is 0 Å². The van der Waals surface area contributed by atoms with E-state index < -0.39 is 22.8 Å². The number of hydrogen-bond acceptors (Lipinski definition) is 12. The molecule has 1 N–H and O–H groups in total. The summed E-state index contributed by atoms with van der Waals surface area (Å²) in [5, 5.41) is 9.25. The predicted octanol–water partition coefficient (Wildman–Crippen LogP) is 3.34. The molecule has 2 saturated heterocycles. The quantitative estimate of drug-likeness (QED) is 0.275. The van der Waals surface area contributed by atoms with E-state index in [4.69, 9.17) is 14.2 Å². The number of carboxylic acid groups (broad SMARTS) is 1. The molecule has 1 aromatic carbocycles. The zero-order valence-corrected chi connectivity index (χ0v) is 34.1. The van der Waals surface area contributed by atoms with E-state index in [2.05, 4.69) is 4.90 Å².